The van der Waals surface area contributed by atoms with Crippen LogP contribution in [-0.2, 0) is 6.18 Å². The van der Waals surface area contributed by atoms with E-state index < -0.39 is 24.5 Å². The number of nitrogens with zero attached hydrogens (tertiary/aromatic N) is 2. The Kier molecular flexibility index (Phi) is 5.30. The van der Waals surface area contributed by atoms with E-state index in [1.54, 1.807) is 6.92 Å². The second-order valence-electron chi connectivity index (χ2n) is 4.26. The van der Waals surface area contributed by atoms with Gasteiger partial charge in [-0.3, -0.25) is 0 Å². The molecule has 1 rings (SSSR count). The van der Waals surface area contributed by atoms with Gasteiger partial charge in [0.05, 0.1) is 5.56 Å². The summed E-state index contributed by atoms with van der Waals surface area (Å²) in [6.45, 7) is 1.90. The van der Waals surface area contributed by atoms with Crippen LogP contribution in [0.1, 0.15) is 19.4 Å². The highest BCUT2D eigenvalue weighted by Gasteiger charge is 2.34. The normalized spacial score (nSPS) is 12.4. The predicted molar refractivity (Wildman–Crippen MR) is 67.3 cm³/mol. The Balaban J connectivity index is 3.23. The lowest BCUT2D eigenvalue weighted by Crippen LogP contribution is -2.35. The summed E-state index contributed by atoms with van der Waals surface area (Å²) < 4.78 is 75.8. The topological polar surface area (TPSA) is 28.2 Å². The molecular weight excluding hydrogens is 300 g/mol. The molecule has 1 N–H and O–H groups in total. The first kappa shape index (κ1) is 17.4. The molecule has 0 radical (unpaired) electrons. The van der Waals surface area contributed by atoms with Crippen molar-refractivity contribution < 1.29 is 26.3 Å². The van der Waals surface area contributed by atoms with Crippen molar-refractivity contribution in [2.45, 2.75) is 26.2 Å². The molecule has 0 aliphatic carbocycles. The molecule has 0 fully saturated rings. The van der Waals surface area contributed by atoms with E-state index >= 15 is 0 Å². The molecule has 120 valence electrons. The molecule has 0 unspecified atom stereocenters. The van der Waals surface area contributed by atoms with Crippen LogP contribution in [0.5, 0.6) is 0 Å². The minimum absolute atomic E-state index is 0.108. The van der Waals surface area contributed by atoms with Crippen LogP contribution < -0.4 is 10.2 Å². The van der Waals surface area contributed by atoms with Crippen molar-refractivity contribution in [2.24, 2.45) is 0 Å². The summed E-state index contributed by atoms with van der Waals surface area (Å²) in [5.74, 6) is -0.469. The highest BCUT2D eigenvalue weighted by atomic mass is 19.4. The summed E-state index contributed by atoms with van der Waals surface area (Å²) in [6.07, 6.45) is -9.18. The van der Waals surface area contributed by atoms with E-state index in [-0.39, 0.29) is 18.2 Å². The first-order valence-electron chi connectivity index (χ1n) is 6.21. The molecule has 0 atom stereocenters. The number of aromatic nitrogens is 1. The Labute approximate surface area is 118 Å². The van der Waals surface area contributed by atoms with E-state index in [2.05, 4.69) is 10.3 Å². The van der Waals surface area contributed by atoms with Crippen LogP contribution in [0.25, 0.3) is 0 Å². The van der Waals surface area contributed by atoms with Crippen molar-refractivity contribution in [3.8, 4) is 0 Å². The fourth-order valence-corrected chi connectivity index (χ4v) is 1.68. The summed E-state index contributed by atoms with van der Waals surface area (Å²) >= 11 is 0. The molecule has 1 aromatic heterocycles. The number of rotatable bonds is 5. The van der Waals surface area contributed by atoms with Gasteiger partial charge in [-0.25, -0.2) is 4.98 Å². The molecule has 0 saturated carbocycles. The maximum absolute atomic E-state index is 12.8. The third-order valence-electron chi connectivity index (χ3n) is 2.57. The Bertz CT molecular complexity index is 469. The zero-order chi connectivity index (χ0) is 16.3. The molecular formula is C12H15F6N3. The first-order valence-corrected chi connectivity index (χ1v) is 6.21. The Hall–Kier alpha value is -1.67. The van der Waals surface area contributed by atoms with Crippen molar-refractivity contribution in [1.82, 2.24) is 4.98 Å². The number of nitrogens with one attached hydrogen (secondary N) is 1. The SMILES string of the molecule is CCNc1cc(C(F)(F)F)cc(N(CC)CC(F)(F)F)n1. The van der Waals surface area contributed by atoms with Crippen molar-refractivity contribution in [3.63, 3.8) is 0 Å². The molecule has 3 nitrogen and oxygen atoms in total. The first-order chi connectivity index (χ1) is 9.56. The van der Waals surface area contributed by atoms with Crippen molar-refractivity contribution in [3.05, 3.63) is 17.7 Å². The highest BCUT2D eigenvalue weighted by molar-refractivity contribution is 5.51. The van der Waals surface area contributed by atoms with Crippen LogP contribution in [0, 0.1) is 0 Å². The molecule has 1 aromatic rings. The lowest BCUT2D eigenvalue weighted by Gasteiger charge is -2.24. The summed E-state index contributed by atoms with van der Waals surface area (Å²) in [5, 5.41) is 2.58. The lowest BCUT2D eigenvalue weighted by molar-refractivity contribution is -0.137. The van der Waals surface area contributed by atoms with Gasteiger partial charge in [0.15, 0.2) is 0 Å². The van der Waals surface area contributed by atoms with Gasteiger partial charge in [0.25, 0.3) is 0 Å². The molecule has 0 spiro atoms. The molecule has 0 aromatic carbocycles. The van der Waals surface area contributed by atoms with Crippen LogP contribution in [0.3, 0.4) is 0 Å². The van der Waals surface area contributed by atoms with Crippen molar-refractivity contribution in [2.75, 3.05) is 29.9 Å². The number of pyridine rings is 1. The molecule has 0 aliphatic rings. The summed E-state index contributed by atoms with van der Waals surface area (Å²) in [5.41, 5.74) is -1.04. The van der Waals surface area contributed by atoms with E-state index in [0.717, 1.165) is 11.0 Å². The van der Waals surface area contributed by atoms with Crippen LogP contribution in [0.2, 0.25) is 0 Å². The zero-order valence-electron chi connectivity index (χ0n) is 11.4. The molecule has 0 aliphatic heterocycles. The standard InChI is InChI=1S/C12H15F6N3/c1-3-19-9-5-8(12(16,17)18)6-10(20-9)21(4-2)7-11(13,14)15/h5-6H,3-4,7H2,1-2H3,(H,19,20). The van der Waals surface area contributed by atoms with Gasteiger partial charge >= 0.3 is 12.4 Å². The van der Waals surface area contributed by atoms with Gasteiger partial charge in [-0.2, -0.15) is 26.3 Å². The predicted octanol–water partition coefficient (Wildman–Crippen LogP) is 3.92. The van der Waals surface area contributed by atoms with E-state index in [9.17, 15) is 26.3 Å². The van der Waals surface area contributed by atoms with Crippen LogP contribution in [-0.4, -0.2) is 30.8 Å². The van der Waals surface area contributed by atoms with Crippen LogP contribution >= 0.6 is 0 Å². The van der Waals surface area contributed by atoms with Gasteiger partial charge in [0.2, 0.25) is 0 Å². The van der Waals surface area contributed by atoms with E-state index in [4.69, 9.17) is 0 Å². The monoisotopic (exact) mass is 315 g/mol. The lowest BCUT2D eigenvalue weighted by atomic mass is 10.2. The highest BCUT2D eigenvalue weighted by Crippen LogP contribution is 2.33. The Morgan fingerprint density at radius 3 is 2.14 bits per heavy atom. The maximum atomic E-state index is 12.8. The average molecular weight is 315 g/mol. The number of alkyl halides is 6. The fourth-order valence-electron chi connectivity index (χ4n) is 1.68. The minimum atomic E-state index is -4.65. The maximum Gasteiger partial charge on any atom is 0.416 e. The third kappa shape index (κ3) is 5.31. The van der Waals surface area contributed by atoms with Gasteiger partial charge < -0.3 is 10.2 Å². The largest absolute Gasteiger partial charge is 0.416 e. The number of hydrogen-bond acceptors (Lipinski definition) is 3. The van der Waals surface area contributed by atoms with E-state index in [1.165, 1.54) is 6.92 Å². The van der Waals surface area contributed by atoms with Gasteiger partial charge in [-0.1, -0.05) is 0 Å². The van der Waals surface area contributed by atoms with Crippen molar-refractivity contribution in [1.29, 1.82) is 0 Å². The zero-order valence-corrected chi connectivity index (χ0v) is 11.4. The number of anilines is 2. The number of hydrogen-bond donors (Lipinski definition) is 1. The van der Waals surface area contributed by atoms with Gasteiger partial charge in [-0.05, 0) is 26.0 Å². The summed E-state index contributed by atoms with van der Waals surface area (Å²) in [4.78, 5) is 4.55. The van der Waals surface area contributed by atoms with Crippen molar-refractivity contribution >= 4 is 11.6 Å². The average Bonchev–Trinajstić information content (AvgIpc) is 2.34. The third-order valence-corrected chi connectivity index (χ3v) is 2.57. The van der Waals surface area contributed by atoms with Gasteiger partial charge in [0.1, 0.15) is 18.2 Å². The molecule has 1 heterocycles. The number of halogens is 6. The molecule has 0 amide bonds. The Morgan fingerprint density at radius 2 is 1.71 bits per heavy atom. The second-order valence-corrected chi connectivity index (χ2v) is 4.26. The molecule has 0 saturated heterocycles. The summed E-state index contributed by atoms with van der Waals surface area (Å²) in [6, 6.07) is 1.39. The quantitative estimate of drug-likeness (QED) is 0.835. The Morgan fingerprint density at radius 1 is 1.10 bits per heavy atom. The molecule has 21 heavy (non-hydrogen) atoms. The second kappa shape index (κ2) is 6.40. The molecule has 9 heteroatoms. The fraction of sp³-hybridized carbons (Fsp3) is 0.583. The minimum Gasteiger partial charge on any atom is -0.370 e. The van der Waals surface area contributed by atoms with Crippen LogP contribution in [0.4, 0.5) is 38.0 Å². The van der Waals surface area contributed by atoms with Gasteiger partial charge in [0, 0.05) is 13.1 Å². The van der Waals surface area contributed by atoms with E-state index in [0.29, 0.717) is 12.6 Å². The molecule has 0 bridgehead atoms. The van der Waals surface area contributed by atoms with Crippen LogP contribution in [0.15, 0.2) is 12.1 Å². The van der Waals surface area contributed by atoms with E-state index in [1.807, 2.05) is 0 Å². The smallest absolute Gasteiger partial charge is 0.370 e. The summed E-state index contributed by atoms with van der Waals surface area (Å²) in [7, 11) is 0. The van der Waals surface area contributed by atoms with Gasteiger partial charge in [-0.15, -0.1) is 0 Å².